The largest absolute Gasteiger partial charge is 0.327 e. The third-order valence-corrected chi connectivity index (χ3v) is 3.54. The van der Waals surface area contributed by atoms with Crippen molar-refractivity contribution in [3.8, 4) is 0 Å². The fourth-order valence-electron chi connectivity index (χ4n) is 1.28. The van der Waals surface area contributed by atoms with E-state index in [2.05, 4.69) is 24.4 Å². The summed E-state index contributed by atoms with van der Waals surface area (Å²) in [4.78, 5) is 1.44. The quantitative estimate of drug-likeness (QED) is 0.653. The molecular formula is C8H11NS. The van der Waals surface area contributed by atoms with Crippen LogP contribution in [0.3, 0.4) is 0 Å². The van der Waals surface area contributed by atoms with Gasteiger partial charge in [-0.25, -0.2) is 0 Å². The summed E-state index contributed by atoms with van der Waals surface area (Å²) in [5, 5.41) is 2.12. The summed E-state index contributed by atoms with van der Waals surface area (Å²) < 4.78 is 0. The van der Waals surface area contributed by atoms with E-state index in [1.807, 2.05) is 11.3 Å². The number of thiophene rings is 1. The highest BCUT2D eigenvalue weighted by molar-refractivity contribution is 7.10. The highest BCUT2D eigenvalue weighted by Crippen LogP contribution is 2.47. The Balaban J connectivity index is 2.30. The summed E-state index contributed by atoms with van der Waals surface area (Å²) in [7, 11) is 0. The Kier molecular flexibility index (Phi) is 1.17. The Morgan fingerprint density at radius 1 is 1.80 bits per heavy atom. The van der Waals surface area contributed by atoms with Gasteiger partial charge in [-0.05, 0) is 17.9 Å². The van der Waals surface area contributed by atoms with Gasteiger partial charge < -0.3 is 5.73 Å². The molecule has 0 saturated heterocycles. The average molecular weight is 153 g/mol. The second kappa shape index (κ2) is 1.83. The summed E-state index contributed by atoms with van der Waals surface area (Å²) in [5.41, 5.74) is 6.13. The minimum atomic E-state index is 0.328. The Bertz CT molecular complexity index is 229. The van der Waals surface area contributed by atoms with Gasteiger partial charge in [-0.3, -0.25) is 0 Å². The lowest BCUT2D eigenvalue weighted by Crippen LogP contribution is -2.12. The van der Waals surface area contributed by atoms with Crippen molar-refractivity contribution in [3.05, 3.63) is 22.4 Å². The van der Waals surface area contributed by atoms with Crippen molar-refractivity contribution in [1.82, 2.24) is 0 Å². The molecule has 1 saturated carbocycles. The monoisotopic (exact) mass is 153 g/mol. The average Bonchev–Trinajstić information content (AvgIpc) is 2.35. The first kappa shape index (κ1) is 6.38. The van der Waals surface area contributed by atoms with E-state index in [1.165, 1.54) is 4.88 Å². The van der Waals surface area contributed by atoms with Crippen molar-refractivity contribution in [1.29, 1.82) is 0 Å². The van der Waals surface area contributed by atoms with Crippen molar-refractivity contribution in [2.75, 3.05) is 0 Å². The zero-order chi connectivity index (χ0) is 7.19. The molecule has 1 heterocycles. The van der Waals surface area contributed by atoms with Gasteiger partial charge in [0, 0.05) is 16.3 Å². The number of hydrogen-bond acceptors (Lipinski definition) is 2. The third-order valence-electron chi connectivity index (χ3n) is 2.39. The van der Waals surface area contributed by atoms with Crippen molar-refractivity contribution in [2.45, 2.75) is 24.8 Å². The fraction of sp³-hybridized carbons (Fsp3) is 0.500. The van der Waals surface area contributed by atoms with Crippen LogP contribution in [0.1, 0.15) is 18.2 Å². The van der Waals surface area contributed by atoms with E-state index in [-0.39, 0.29) is 0 Å². The second-order valence-corrected chi connectivity index (χ2v) is 4.15. The SMILES string of the molecule is C[C@@]1(c2cccs2)C[C@@H]1N. The molecule has 0 aromatic carbocycles. The molecule has 2 rings (SSSR count). The summed E-state index contributed by atoms with van der Waals surface area (Å²) in [6.45, 7) is 2.24. The van der Waals surface area contributed by atoms with E-state index in [4.69, 9.17) is 5.73 Å². The van der Waals surface area contributed by atoms with Crippen LogP contribution in [0.25, 0.3) is 0 Å². The van der Waals surface area contributed by atoms with E-state index < -0.39 is 0 Å². The van der Waals surface area contributed by atoms with Gasteiger partial charge in [0.1, 0.15) is 0 Å². The zero-order valence-electron chi connectivity index (χ0n) is 6.00. The minimum absolute atomic E-state index is 0.328. The molecule has 2 atom stereocenters. The highest BCUT2D eigenvalue weighted by atomic mass is 32.1. The van der Waals surface area contributed by atoms with Gasteiger partial charge in [0.2, 0.25) is 0 Å². The lowest BCUT2D eigenvalue weighted by Gasteiger charge is -2.03. The molecule has 0 bridgehead atoms. The van der Waals surface area contributed by atoms with Gasteiger partial charge in [-0.15, -0.1) is 11.3 Å². The van der Waals surface area contributed by atoms with Crippen molar-refractivity contribution in [2.24, 2.45) is 5.73 Å². The molecule has 1 fully saturated rings. The van der Waals surface area contributed by atoms with E-state index >= 15 is 0 Å². The maximum Gasteiger partial charge on any atom is 0.0185 e. The van der Waals surface area contributed by atoms with Gasteiger partial charge in [-0.2, -0.15) is 0 Å². The van der Waals surface area contributed by atoms with Gasteiger partial charge in [0.25, 0.3) is 0 Å². The van der Waals surface area contributed by atoms with Crippen LogP contribution in [-0.4, -0.2) is 6.04 Å². The summed E-state index contributed by atoms with van der Waals surface area (Å²) in [5.74, 6) is 0. The zero-order valence-corrected chi connectivity index (χ0v) is 6.82. The molecule has 2 N–H and O–H groups in total. The molecule has 2 heteroatoms. The first-order valence-electron chi connectivity index (χ1n) is 3.53. The molecule has 1 nitrogen and oxygen atoms in total. The Labute approximate surface area is 64.9 Å². The van der Waals surface area contributed by atoms with Crippen molar-refractivity contribution >= 4 is 11.3 Å². The van der Waals surface area contributed by atoms with E-state index in [0.717, 1.165) is 6.42 Å². The Hall–Kier alpha value is -0.340. The van der Waals surface area contributed by atoms with Gasteiger partial charge in [0.05, 0.1) is 0 Å². The second-order valence-electron chi connectivity index (χ2n) is 3.21. The summed E-state index contributed by atoms with van der Waals surface area (Å²) >= 11 is 1.82. The van der Waals surface area contributed by atoms with Gasteiger partial charge in [0.15, 0.2) is 0 Å². The smallest absolute Gasteiger partial charge is 0.0185 e. The first-order chi connectivity index (χ1) is 4.73. The van der Waals surface area contributed by atoms with Crippen LogP contribution in [-0.2, 0) is 5.41 Å². The lowest BCUT2D eigenvalue weighted by atomic mass is 10.1. The molecule has 0 radical (unpaired) electrons. The Morgan fingerprint density at radius 2 is 2.50 bits per heavy atom. The van der Waals surface area contributed by atoms with Crippen LogP contribution in [0.15, 0.2) is 17.5 Å². The third kappa shape index (κ3) is 0.724. The minimum Gasteiger partial charge on any atom is -0.327 e. The maximum atomic E-state index is 5.80. The lowest BCUT2D eigenvalue weighted by molar-refractivity contribution is 0.758. The first-order valence-corrected chi connectivity index (χ1v) is 4.41. The van der Waals surface area contributed by atoms with Crippen LogP contribution < -0.4 is 5.73 Å². The molecule has 0 amide bonds. The van der Waals surface area contributed by atoms with Crippen LogP contribution in [0.4, 0.5) is 0 Å². The molecule has 0 aliphatic heterocycles. The molecule has 10 heavy (non-hydrogen) atoms. The molecule has 1 aliphatic rings. The summed E-state index contributed by atoms with van der Waals surface area (Å²) in [6, 6.07) is 4.68. The van der Waals surface area contributed by atoms with Gasteiger partial charge in [-0.1, -0.05) is 13.0 Å². The van der Waals surface area contributed by atoms with E-state index in [9.17, 15) is 0 Å². The molecule has 1 aromatic heterocycles. The van der Waals surface area contributed by atoms with Crippen LogP contribution in [0, 0.1) is 0 Å². The van der Waals surface area contributed by atoms with E-state index in [0.29, 0.717) is 11.5 Å². The maximum absolute atomic E-state index is 5.80. The molecule has 1 aromatic rings. The predicted octanol–water partition coefficient (Wildman–Crippen LogP) is 1.74. The Morgan fingerprint density at radius 3 is 2.90 bits per heavy atom. The number of nitrogens with two attached hydrogens (primary N) is 1. The number of rotatable bonds is 1. The van der Waals surface area contributed by atoms with Gasteiger partial charge >= 0.3 is 0 Å². The topological polar surface area (TPSA) is 26.0 Å². The normalized spacial score (nSPS) is 38.0. The van der Waals surface area contributed by atoms with Crippen molar-refractivity contribution < 1.29 is 0 Å². The molecule has 1 aliphatic carbocycles. The van der Waals surface area contributed by atoms with E-state index in [1.54, 1.807) is 0 Å². The van der Waals surface area contributed by atoms with Crippen LogP contribution in [0.2, 0.25) is 0 Å². The summed E-state index contributed by atoms with van der Waals surface area (Å²) in [6.07, 6.45) is 1.16. The predicted molar refractivity (Wildman–Crippen MR) is 44.3 cm³/mol. The molecule has 0 spiro atoms. The number of hydrogen-bond donors (Lipinski definition) is 1. The molecule has 0 unspecified atom stereocenters. The molecular weight excluding hydrogens is 142 g/mol. The standard InChI is InChI=1S/C8H11NS/c1-8(5-6(8)9)7-3-2-4-10-7/h2-4,6H,5,9H2,1H3/t6-,8+/m0/s1. The van der Waals surface area contributed by atoms with Crippen LogP contribution in [0.5, 0.6) is 0 Å². The molecule has 54 valence electrons. The highest BCUT2D eigenvalue weighted by Gasteiger charge is 2.49. The van der Waals surface area contributed by atoms with Crippen molar-refractivity contribution in [3.63, 3.8) is 0 Å². The van der Waals surface area contributed by atoms with Crippen LogP contribution >= 0.6 is 11.3 Å². The fourth-order valence-corrected chi connectivity index (χ4v) is 2.25.